The second kappa shape index (κ2) is 4.60. The fourth-order valence-corrected chi connectivity index (χ4v) is 0.894. The van der Waals surface area contributed by atoms with Gasteiger partial charge < -0.3 is 10.8 Å². The molecule has 0 saturated carbocycles. The molecule has 0 aliphatic carbocycles. The third kappa shape index (κ3) is 1.88. The normalized spacial score (nSPS) is 8.33. The van der Waals surface area contributed by atoms with E-state index in [2.05, 4.69) is 0 Å². The monoisotopic (exact) mass is 184 g/mol. The summed E-state index contributed by atoms with van der Waals surface area (Å²) in [5, 5.41) is 17.7. The summed E-state index contributed by atoms with van der Waals surface area (Å²) in [5.74, 6) is 0.0894. The van der Waals surface area contributed by atoms with Crippen LogP contribution in [0, 0.1) is 11.3 Å². The quantitative estimate of drug-likeness (QED) is 0.688. The molecule has 0 unspecified atom stereocenters. The summed E-state index contributed by atoms with van der Waals surface area (Å²) < 4.78 is 0. The second-order valence-corrected chi connectivity index (χ2v) is 2.12. The van der Waals surface area contributed by atoms with E-state index in [-0.39, 0.29) is 24.7 Å². The van der Waals surface area contributed by atoms with Crippen LogP contribution in [0.5, 0.6) is 5.75 Å². The van der Waals surface area contributed by atoms with E-state index in [0.29, 0.717) is 11.1 Å². The first-order valence-electron chi connectivity index (χ1n) is 3.20. The maximum absolute atomic E-state index is 9.19. The Morgan fingerprint density at radius 2 is 2.17 bits per heavy atom. The Bertz CT molecular complexity index is 306. The van der Waals surface area contributed by atoms with Crippen LogP contribution in [-0.4, -0.2) is 5.11 Å². The van der Waals surface area contributed by atoms with Crippen LogP contribution in [0.2, 0.25) is 0 Å². The average molecular weight is 185 g/mol. The molecule has 0 spiro atoms. The Kier molecular flexibility index (Phi) is 4.12. The molecule has 1 aromatic carbocycles. The van der Waals surface area contributed by atoms with E-state index in [1.807, 2.05) is 6.07 Å². The maximum Gasteiger partial charge on any atom is 0.121 e. The Morgan fingerprint density at radius 1 is 1.50 bits per heavy atom. The summed E-state index contributed by atoms with van der Waals surface area (Å²) in [6, 6.07) is 6.71. The molecule has 1 rings (SSSR count). The predicted octanol–water partition coefficient (Wildman–Crippen LogP) is 1.14. The summed E-state index contributed by atoms with van der Waals surface area (Å²) >= 11 is 0. The number of aromatic hydroxyl groups is 1. The molecule has 0 saturated heterocycles. The third-order valence-corrected chi connectivity index (χ3v) is 1.48. The molecule has 0 aliphatic heterocycles. The molecule has 4 heteroatoms. The first-order chi connectivity index (χ1) is 5.29. The van der Waals surface area contributed by atoms with E-state index in [1.54, 1.807) is 12.1 Å². The first-order valence-corrected chi connectivity index (χ1v) is 3.20. The van der Waals surface area contributed by atoms with Gasteiger partial charge in [0.2, 0.25) is 0 Å². The van der Waals surface area contributed by atoms with Crippen molar-refractivity contribution >= 4 is 12.4 Å². The average Bonchev–Trinajstić information content (AvgIpc) is 2.04. The van der Waals surface area contributed by atoms with Gasteiger partial charge in [0, 0.05) is 12.1 Å². The van der Waals surface area contributed by atoms with Gasteiger partial charge in [0.25, 0.3) is 0 Å². The second-order valence-electron chi connectivity index (χ2n) is 2.12. The number of halogens is 1. The molecule has 64 valence electrons. The smallest absolute Gasteiger partial charge is 0.121 e. The van der Waals surface area contributed by atoms with Crippen molar-refractivity contribution in [2.45, 2.75) is 6.54 Å². The number of phenolic OH excluding ortho intramolecular Hbond substituents is 1. The standard InChI is InChI=1S/C8H8N2O.ClH/c9-4-6-2-1-3-8(11)7(6)5-10;/h1-3,11H,5,10H2;1H. The number of hydrogen-bond donors (Lipinski definition) is 2. The van der Waals surface area contributed by atoms with Gasteiger partial charge in [-0.05, 0) is 12.1 Å². The molecular formula is C8H9ClN2O. The highest BCUT2D eigenvalue weighted by Gasteiger charge is 2.03. The van der Waals surface area contributed by atoms with Crippen molar-refractivity contribution in [3.63, 3.8) is 0 Å². The SMILES string of the molecule is Cl.N#Cc1cccc(O)c1CN. The van der Waals surface area contributed by atoms with E-state index in [1.165, 1.54) is 6.07 Å². The lowest BCUT2D eigenvalue weighted by Gasteiger charge is -2.01. The number of hydrogen-bond acceptors (Lipinski definition) is 3. The number of nitrogens with two attached hydrogens (primary N) is 1. The molecule has 0 heterocycles. The molecule has 0 radical (unpaired) electrons. The van der Waals surface area contributed by atoms with Gasteiger partial charge in [0.1, 0.15) is 5.75 Å². The first kappa shape index (κ1) is 10.8. The zero-order chi connectivity index (χ0) is 8.27. The summed E-state index contributed by atoms with van der Waals surface area (Å²) in [4.78, 5) is 0. The molecular weight excluding hydrogens is 176 g/mol. The van der Waals surface area contributed by atoms with Crippen LogP contribution in [0.4, 0.5) is 0 Å². The maximum atomic E-state index is 9.19. The Balaban J connectivity index is 0.00000121. The lowest BCUT2D eigenvalue weighted by Crippen LogP contribution is -1.99. The van der Waals surface area contributed by atoms with Crippen LogP contribution in [0.25, 0.3) is 0 Å². The van der Waals surface area contributed by atoms with Crippen LogP contribution in [0.1, 0.15) is 11.1 Å². The van der Waals surface area contributed by atoms with Crippen molar-refractivity contribution in [1.82, 2.24) is 0 Å². The van der Waals surface area contributed by atoms with Crippen molar-refractivity contribution in [2.75, 3.05) is 0 Å². The zero-order valence-electron chi connectivity index (χ0n) is 6.32. The molecule has 0 fully saturated rings. The van der Waals surface area contributed by atoms with Gasteiger partial charge in [-0.25, -0.2) is 0 Å². The minimum Gasteiger partial charge on any atom is -0.508 e. The lowest BCUT2D eigenvalue weighted by molar-refractivity contribution is 0.468. The highest BCUT2D eigenvalue weighted by Crippen LogP contribution is 2.18. The van der Waals surface area contributed by atoms with Crippen LogP contribution < -0.4 is 5.73 Å². The Morgan fingerprint density at radius 3 is 2.58 bits per heavy atom. The van der Waals surface area contributed by atoms with Crippen LogP contribution >= 0.6 is 12.4 Å². The van der Waals surface area contributed by atoms with E-state index in [9.17, 15) is 5.11 Å². The number of rotatable bonds is 1. The number of benzene rings is 1. The van der Waals surface area contributed by atoms with Gasteiger partial charge in [-0.15, -0.1) is 12.4 Å². The van der Waals surface area contributed by atoms with Crippen LogP contribution in [0.3, 0.4) is 0 Å². The number of nitriles is 1. The summed E-state index contributed by atoms with van der Waals surface area (Å²) in [6.07, 6.45) is 0. The zero-order valence-corrected chi connectivity index (χ0v) is 7.14. The van der Waals surface area contributed by atoms with E-state index >= 15 is 0 Å². The summed E-state index contributed by atoms with van der Waals surface area (Å²) in [6.45, 7) is 0.190. The van der Waals surface area contributed by atoms with Gasteiger partial charge >= 0.3 is 0 Å². The molecule has 12 heavy (non-hydrogen) atoms. The topological polar surface area (TPSA) is 70.0 Å². The molecule has 3 nitrogen and oxygen atoms in total. The lowest BCUT2D eigenvalue weighted by atomic mass is 10.1. The number of phenols is 1. The predicted molar refractivity (Wildman–Crippen MR) is 48.0 cm³/mol. The van der Waals surface area contributed by atoms with Crippen molar-refractivity contribution in [1.29, 1.82) is 5.26 Å². The molecule has 0 amide bonds. The minimum absolute atomic E-state index is 0. The summed E-state index contributed by atoms with van der Waals surface area (Å²) in [5.41, 5.74) is 6.26. The van der Waals surface area contributed by atoms with Crippen molar-refractivity contribution in [3.8, 4) is 11.8 Å². The highest BCUT2D eigenvalue weighted by molar-refractivity contribution is 5.85. The number of nitrogens with zero attached hydrogens (tertiary/aromatic N) is 1. The fraction of sp³-hybridized carbons (Fsp3) is 0.125. The van der Waals surface area contributed by atoms with E-state index in [0.717, 1.165) is 0 Å². The van der Waals surface area contributed by atoms with Crippen LogP contribution in [0.15, 0.2) is 18.2 Å². The molecule has 1 aromatic rings. The van der Waals surface area contributed by atoms with Gasteiger partial charge in [0.05, 0.1) is 11.6 Å². The fourth-order valence-electron chi connectivity index (χ4n) is 0.894. The van der Waals surface area contributed by atoms with Crippen molar-refractivity contribution < 1.29 is 5.11 Å². The minimum atomic E-state index is 0. The van der Waals surface area contributed by atoms with Crippen molar-refractivity contribution in [2.24, 2.45) is 5.73 Å². The Labute approximate surface area is 76.8 Å². The van der Waals surface area contributed by atoms with Gasteiger partial charge in [0.15, 0.2) is 0 Å². The van der Waals surface area contributed by atoms with Gasteiger partial charge in [-0.3, -0.25) is 0 Å². The van der Waals surface area contributed by atoms with Gasteiger partial charge in [-0.2, -0.15) is 5.26 Å². The molecule has 0 atom stereocenters. The Hall–Kier alpha value is -1.24. The van der Waals surface area contributed by atoms with Crippen LogP contribution in [-0.2, 0) is 6.54 Å². The largest absolute Gasteiger partial charge is 0.508 e. The van der Waals surface area contributed by atoms with E-state index in [4.69, 9.17) is 11.0 Å². The highest BCUT2D eigenvalue weighted by atomic mass is 35.5. The molecule has 0 aliphatic rings. The molecule has 0 bridgehead atoms. The third-order valence-electron chi connectivity index (χ3n) is 1.48. The molecule has 3 N–H and O–H groups in total. The summed E-state index contributed by atoms with van der Waals surface area (Å²) in [7, 11) is 0. The van der Waals surface area contributed by atoms with Gasteiger partial charge in [-0.1, -0.05) is 6.07 Å². The van der Waals surface area contributed by atoms with E-state index < -0.39 is 0 Å². The van der Waals surface area contributed by atoms with Crippen molar-refractivity contribution in [3.05, 3.63) is 29.3 Å². The molecule has 0 aromatic heterocycles.